The average Bonchev–Trinajstić information content (AvgIpc) is 2.54. The summed E-state index contributed by atoms with van der Waals surface area (Å²) < 4.78 is 70.3. The number of nitrogens with zero attached hydrogens (tertiary/aromatic N) is 1. The van der Waals surface area contributed by atoms with Gasteiger partial charge in [-0.25, -0.2) is 30.3 Å². The quantitative estimate of drug-likeness (QED) is 0.750. The first kappa shape index (κ1) is 20.1. The van der Waals surface area contributed by atoms with Crippen LogP contribution in [0.3, 0.4) is 0 Å². The van der Waals surface area contributed by atoms with E-state index in [0.717, 1.165) is 12.3 Å². The molecule has 0 saturated carbocycles. The van der Waals surface area contributed by atoms with Crippen LogP contribution in [-0.4, -0.2) is 53.6 Å². The molecule has 1 saturated heterocycles. The molecule has 1 aromatic carbocycles. The summed E-state index contributed by atoms with van der Waals surface area (Å²) in [5.74, 6) is -0.680. The van der Waals surface area contributed by atoms with E-state index < -0.39 is 25.9 Å². The maximum atomic E-state index is 13.8. The van der Waals surface area contributed by atoms with E-state index in [1.54, 1.807) is 6.92 Å². The molecule has 0 spiro atoms. The fourth-order valence-corrected chi connectivity index (χ4v) is 4.68. The summed E-state index contributed by atoms with van der Waals surface area (Å²) >= 11 is 0. The molecule has 0 aromatic heterocycles. The van der Waals surface area contributed by atoms with Gasteiger partial charge in [-0.2, -0.15) is 0 Å². The lowest BCUT2D eigenvalue weighted by Gasteiger charge is -2.30. The molecule has 0 atom stereocenters. The predicted molar refractivity (Wildman–Crippen MR) is 91.9 cm³/mol. The van der Waals surface area contributed by atoms with Crippen LogP contribution in [0, 0.1) is 11.7 Å². The van der Waals surface area contributed by atoms with Crippen molar-refractivity contribution < 1.29 is 26.0 Å². The summed E-state index contributed by atoms with van der Waals surface area (Å²) in [6.45, 7) is 2.94. The van der Waals surface area contributed by atoms with Crippen molar-refractivity contribution in [2.24, 2.45) is 5.92 Å². The molecule has 2 rings (SSSR count). The van der Waals surface area contributed by atoms with Crippen LogP contribution in [0.5, 0.6) is 5.75 Å². The van der Waals surface area contributed by atoms with E-state index in [1.165, 1.54) is 16.4 Å². The molecule has 0 aliphatic carbocycles. The van der Waals surface area contributed by atoms with Crippen molar-refractivity contribution in [3.05, 3.63) is 24.0 Å². The second kappa shape index (κ2) is 7.98. The van der Waals surface area contributed by atoms with Crippen molar-refractivity contribution in [1.82, 2.24) is 9.03 Å². The third kappa shape index (κ3) is 5.37. The van der Waals surface area contributed by atoms with Crippen LogP contribution in [-0.2, 0) is 20.0 Å². The Labute approximate surface area is 148 Å². The zero-order valence-corrected chi connectivity index (χ0v) is 15.9. The average molecular weight is 394 g/mol. The van der Waals surface area contributed by atoms with Crippen LogP contribution in [0.15, 0.2) is 23.1 Å². The monoisotopic (exact) mass is 394 g/mol. The van der Waals surface area contributed by atoms with Crippen LogP contribution >= 0.6 is 0 Å². The van der Waals surface area contributed by atoms with E-state index in [1.807, 2.05) is 0 Å². The van der Waals surface area contributed by atoms with Crippen LogP contribution < -0.4 is 9.46 Å². The summed E-state index contributed by atoms with van der Waals surface area (Å²) in [4.78, 5) is -0.165. The van der Waals surface area contributed by atoms with Crippen molar-refractivity contribution in [3.63, 3.8) is 0 Å². The topological polar surface area (TPSA) is 92.8 Å². The molecule has 10 heteroatoms. The lowest BCUT2D eigenvalue weighted by atomic mass is 9.99. The van der Waals surface area contributed by atoms with Gasteiger partial charge in [-0.15, -0.1) is 0 Å². The third-order valence-corrected chi connectivity index (χ3v) is 6.84. The van der Waals surface area contributed by atoms with Crippen LogP contribution in [0.25, 0.3) is 0 Å². The minimum absolute atomic E-state index is 0.00889. The summed E-state index contributed by atoms with van der Waals surface area (Å²) in [6.07, 6.45) is 2.32. The number of hydrogen-bond donors (Lipinski definition) is 1. The highest BCUT2D eigenvalue weighted by Gasteiger charge is 2.26. The van der Waals surface area contributed by atoms with Gasteiger partial charge in [-0.1, -0.05) is 0 Å². The molecule has 142 valence electrons. The van der Waals surface area contributed by atoms with Crippen molar-refractivity contribution >= 4 is 20.0 Å². The van der Waals surface area contributed by atoms with Gasteiger partial charge in [0.05, 0.1) is 17.8 Å². The minimum atomic E-state index is -3.83. The lowest BCUT2D eigenvalue weighted by Crippen LogP contribution is -2.41. The Morgan fingerprint density at radius 2 is 1.88 bits per heavy atom. The first-order valence-electron chi connectivity index (χ1n) is 8.00. The maximum absolute atomic E-state index is 13.8. The molecule has 1 fully saturated rings. The zero-order chi connectivity index (χ0) is 18.7. The van der Waals surface area contributed by atoms with Gasteiger partial charge in [-0.3, -0.25) is 0 Å². The maximum Gasteiger partial charge on any atom is 0.240 e. The van der Waals surface area contributed by atoms with E-state index >= 15 is 0 Å². The normalized spacial score (nSPS) is 17.6. The van der Waals surface area contributed by atoms with Crippen molar-refractivity contribution in [2.75, 3.05) is 32.5 Å². The van der Waals surface area contributed by atoms with Gasteiger partial charge in [-0.05, 0) is 43.9 Å². The number of nitrogens with one attached hydrogen (secondary N) is 1. The number of halogens is 1. The summed E-state index contributed by atoms with van der Waals surface area (Å²) in [6, 6.07) is 3.51. The van der Waals surface area contributed by atoms with Crippen LogP contribution in [0.4, 0.5) is 4.39 Å². The van der Waals surface area contributed by atoms with Gasteiger partial charge in [0, 0.05) is 19.6 Å². The Hall–Kier alpha value is -1.23. The second-order valence-electron chi connectivity index (χ2n) is 5.98. The number of benzene rings is 1. The Bertz CT molecular complexity index is 803. The first-order valence-corrected chi connectivity index (χ1v) is 11.3. The highest BCUT2D eigenvalue weighted by molar-refractivity contribution is 7.89. The Kier molecular flexibility index (Phi) is 6.41. The van der Waals surface area contributed by atoms with Gasteiger partial charge < -0.3 is 4.74 Å². The largest absolute Gasteiger partial charge is 0.491 e. The SMILES string of the molecule is CCOc1ccc(S(=O)(=O)NCC2CCN(S(C)(=O)=O)CC2)cc1F. The first-order chi connectivity index (χ1) is 11.6. The molecule has 0 radical (unpaired) electrons. The van der Waals surface area contributed by atoms with Crippen LogP contribution in [0.1, 0.15) is 19.8 Å². The molecular weight excluding hydrogens is 371 g/mol. The third-order valence-electron chi connectivity index (χ3n) is 4.12. The highest BCUT2D eigenvalue weighted by atomic mass is 32.2. The zero-order valence-electron chi connectivity index (χ0n) is 14.2. The van der Waals surface area contributed by atoms with Gasteiger partial charge in [0.15, 0.2) is 11.6 Å². The molecule has 1 heterocycles. The van der Waals surface area contributed by atoms with E-state index in [0.29, 0.717) is 25.9 Å². The van der Waals surface area contributed by atoms with E-state index in [9.17, 15) is 21.2 Å². The van der Waals surface area contributed by atoms with E-state index in [2.05, 4.69) is 4.72 Å². The molecule has 25 heavy (non-hydrogen) atoms. The highest BCUT2D eigenvalue weighted by Crippen LogP contribution is 2.22. The summed E-state index contributed by atoms with van der Waals surface area (Å²) in [7, 11) is -7.04. The smallest absolute Gasteiger partial charge is 0.240 e. The summed E-state index contributed by atoms with van der Waals surface area (Å²) in [5, 5.41) is 0. The van der Waals surface area contributed by atoms with Gasteiger partial charge >= 0.3 is 0 Å². The van der Waals surface area contributed by atoms with Crippen molar-refractivity contribution in [1.29, 1.82) is 0 Å². The van der Waals surface area contributed by atoms with Crippen molar-refractivity contribution in [3.8, 4) is 5.75 Å². The second-order valence-corrected chi connectivity index (χ2v) is 9.73. The molecule has 1 N–H and O–H groups in total. The number of sulfonamides is 2. The minimum Gasteiger partial charge on any atom is -0.491 e. The predicted octanol–water partition coefficient (Wildman–Crippen LogP) is 1.17. The van der Waals surface area contributed by atoms with Crippen molar-refractivity contribution in [2.45, 2.75) is 24.7 Å². The number of piperidine rings is 1. The molecule has 1 aromatic rings. The number of ether oxygens (including phenoxy) is 1. The number of rotatable bonds is 7. The molecule has 1 aliphatic rings. The summed E-state index contributed by atoms with van der Waals surface area (Å²) in [5.41, 5.74) is 0. The molecule has 1 aliphatic heterocycles. The standard InChI is InChI=1S/C15H23FN2O5S2/c1-3-23-15-5-4-13(10-14(15)16)25(21,22)17-11-12-6-8-18(9-7-12)24(2,19)20/h4-5,10,12,17H,3,6-9,11H2,1-2H3. The van der Waals surface area contributed by atoms with Crippen LogP contribution in [0.2, 0.25) is 0 Å². The Balaban J connectivity index is 1.95. The molecule has 0 bridgehead atoms. The molecule has 0 unspecified atom stereocenters. The van der Waals surface area contributed by atoms with Gasteiger partial charge in [0.1, 0.15) is 0 Å². The molecular formula is C15H23FN2O5S2. The van der Waals surface area contributed by atoms with Gasteiger partial charge in [0.2, 0.25) is 20.0 Å². The molecule has 7 nitrogen and oxygen atoms in total. The Morgan fingerprint density at radius 1 is 1.24 bits per heavy atom. The Morgan fingerprint density at radius 3 is 2.40 bits per heavy atom. The van der Waals surface area contributed by atoms with E-state index in [-0.39, 0.29) is 29.7 Å². The fourth-order valence-electron chi connectivity index (χ4n) is 2.68. The van der Waals surface area contributed by atoms with Gasteiger partial charge in [0.25, 0.3) is 0 Å². The lowest BCUT2D eigenvalue weighted by molar-refractivity contribution is 0.275. The van der Waals surface area contributed by atoms with E-state index in [4.69, 9.17) is 4.74 Å². The molecule has 0 amide bonds. The number of hydrogen-bond acceptors (Lipinski definition) is 5. The fraction of sp³-hybridized carbons (Fsp3) is 0.600.